The van der Waals surface area contributed by atoms with Crippen molar-refractivity contribution in [1.29, 1.82) is 0 Å². The van der Waals surface area contributed by atoms with Gasteiger partial charge in [-0.05, 0) is 25.3 Å². The van der Waals surface area contributed by atoms with Crippen molar-refractivity contribution in [3.63, 3.8) is 0 Å². The Labute approximate surface area is 114 Å². The van der Waals surface area contributed by atoms with E-state index in [1.807, 2.05) is 32.0 Å². The standard InChI is InChI=1S/C15H21N3O/c1-10(2)12(16)13-17-14(18-19-13)15(3,4)11-8-6-5-7-9-11/h5-10,12H,16H2,1-4H3. The number of nitrogens with two attached hydrogens (primary N) is 1. The Morgan fingerprint density at radius 2 is 1.79 bits per heavy atom. The normalized spacial score (nSPS) is 13.8. The molecule has 4 nitrogen and oxygen atoms in total. The Balaban J connectivity index is 2.32. The van der Waals surface area contributed by atoms with E-state index in [9.17, 15) is 0 Å². The Morgan fingerprint density at radius 1 is 1.16 bits per heavy atom. The minimum absolute atomic E-state index is 0.215. The van der Waals surface area contributed by atoms with Gasteiger partial charge in [-0.25, -0.2) is 0 Å². The zero-order valence-electron chi connectivity index (χ0n) is 11.9. The fraction of sp³-hybridized carbons (Fsp3) is 0.467. The van der Waals surface area contributed by atoms with Crippen molar-refractivity contribution in [1.82, 2.24) is 10.1 Å². The third kappa shape index (κ3) is 2.68. The summed E-state index contributed by atoms with van der Waals surface area (Å²) in [6.45, 7) is 8.24. The lowest BCUT2D eigenvalue weighted by molar-refractivity contribution is 0.319. The van der Waals surface area contributed by atoms with E-state index in [-0.39, 0.29) is 17.4 Å². The fourth-order valence-corrected chi connectivity index (χ4v) is 1.89. The van der Waals surface area contributed by atoms with E-state index >= 15 is 0 Å². The highest BCUT2D eigenvalue weighted by Crippen LogP contribution is 2.30. The van der Waals surface area contributed by atoms with Crippen LogP contribution in [0.2, 0.25) is 0 Å². The summed E-state index contributed by atoms with van der Waals surface area (Å²) in [7, 11) is 0. The van der Waals surface area contributed by atoms with Crippen molar-refractivity contribution >= 4 is 0 Å². The van der Waals surface area contributed by atoms with Crippen LogP contribution in [0.3, 0.4) is 0 Å². The molecular weight excluding hydrogens is 238 g/mol. The quantitative estimate of drug-likeness (QED) is 0.916. The molecule has 0 aliphatic rings. The molecule has 2 rings (SSSR count). The van der Waals surface area contributed by atoms with Gasteiger partial charge in [-0.2, -0.15) is 4.98 Å². The van der Waals surface area contributed by atoms with E-state index in [0.29, 0.717) is 11.7 Å². The number of nitrogens with zero attached hydrogens (tertiary/aromatic N) is 2. The lowest BCUT2D eigenvalue weighted by Crippen LogP contribution is -2.22. The van der Waals surface area contributed by atoms with Crippen LogP contribution in [0.5, 0.6) is 0 Å². The first-order chi connectivity index (χ1) is 8.93. The van der Waals surface area contributed by atoms with E-state index in [1.54, 1.807) is 0 Å². The summed E-state index contributed by atoms with van der Waals surface area (Å²) in [6, 6.07) is 9.94. The van der Waals surface area contributed by atoms with Crippen molar-refractivity contribution in [3.8, 4) is 0 Å². The Kier molecular flexibility index (Phi) is 3.71. The van der Waals surface area contributed by atoms with Crippen LogP contribution >= 0.6 is 0 Å². The van der Waals surface area contributed by atoms with Gasteiger partial charge in [0.15, 0.2) is 5.82 Å². The maximum atomic E-state index is 6.04. The van der Waals surface area contributed by atoms with Crippen molar-refractivity contribution in [2.75, 3.05) is 0 Å². The number of hydrogen-bond acceptors (Lipinski definition) is 4. The van der Waals surface area contributed by atoms with Gasteiger partial charge in [-0.3, -0.25) is 0 Å². The second-order valence-corrected chi connectivity index (χ2v) is 5.72. The third-order valence-electron chi connectivity index (χ3n) is 3.50. The second-order valence-electron chi connectivity index (χ2n) is 5.72. The van der Waals surface area contributed by atoms with E-state index in [2.05, 4.69) is 36.1 Å². The van der Waals surface area contributed by atoms with Gasteiger partial charge in [0.05, 0.1) is 11.5 Å². The van der Waals surface area contributed by atoms with Gasteiger partial charge >= 0.3 is 0 Å². The topological polar surface area (TPSA) is 64.9 Å². The highest BCUT2D eigenvalue weighted by molar-refractivity contribution is 5.30. The van der Waals surface area contributed by atoms with Crippen LogP contribution in [0.1, 0.15) is 51.0 Å². The largest absolute Gasteiger partial charge is 0.338 e. The lowest BCUT2D eigenvalue weighted by atomic mass is 9.84. The molecule has 0 saturated carbocycles. The third-order valence-corrected chi connectivity index (χ3v) is 3.50. The zero-order chi connectivity index (χ0) is 14.0. The molecule has 0 spiro atoms. The van der Waals surface area contributed by atoms with Gasteiger partial charge in [0.2, 0.25) is 5.89 Å². The van der Waals surface area contributed by atoms with Crippen LogP contribution in [-0.2, 0) is 5.41 Å². The highest BCUT2D eigenvalue weighted by Gasteiger charge is 2.30. The minimum Gasteiger partial charge on any atom is -0.338 e. The molecule has 1 aromatic heterocycles. The van der Waals surface area contributed by atoms with Crippen LogP contribution in [0, 0.1) is 5.92 Å². The van der Waals surface area contributed by atoms with Crippen molar-refractivity contribution in [2.24, 2.45) is 11.7 Å². The Hall–Kier alpha value is -1.68. The minimum atomic E-state index is -0.292. The number of rotatable bonds is 4. The lowest BCUT2D eigenvalue weighted by Gasteiger charge is -2.20. The molecule has 1 aromatic carbocycles. The molecule has 1 atom stereocenters. The van der Waals surface area contributed by atoms with Crippen LogP contribution < -0.4 is 5.73 Å². The molecular formula is C15H21N3O. The van der Waals surface area contributed by atoms with Gasteiger partial charge in [0.25, 0.3) is 0 Å². The highest BCUT2D eigenvalue weighted by atomic mass is 16.5. The molecule has 2 aromatic rings. The van der Waals surface area contributed by atoms with E-state index < -0.39 is 0 Å². The van der Waals surface area contributed by atoms with Crippen molar-refractivity contribution in [3.05, 3.63) is 47.6 Å². The smallest absolute Gasteiger partial charge is 0.243 e. The number of benzene rings is 1. The average Bonchev–Trinajstić information content (AvgIpc) is 2.89. The van der Waals surface area contributed by atoms with Crippen LogP contribution in [-0.4, -0.2) is 10.1 Å². The van der Waals surface area contributed by atoms with E-state index in [1.165, 1.54) is 0 Å². The zero-order valence-corrected chi connectivity index (χ0v) is 11.9. The number of hydrogen-bond donors (Lipinski definition) is 1. The molecule has 102 valence electrons. The van der Waals surface area contributed by atoms with Gasteiger partial charge in [0, 0.05) is 0 Å². The van der Waals surface area contributed by atoms with Gasteiger partial charge in [-0.15, -0.1) is 0 Å². The predicted octanol–water partition coefficient (Wildman–Crippen LogP) is 3.05. The SMILES string of the molecule is CC(C)C(N)c1nc(C(C)(C)c2ccccc2)no1. The van der Waals surface area contributed by atoms with Crippen molar-refractivity contribution < 1.29 is 4.52 Å². The van der Waals surface area contributed by atoms with E-state index in [0.717, 1.165) is 5.56 Å². The Bertz CT molecular complexity index is 531. The van der Waals surface area contributed by atoms with E-state index in [4.69, 9.17) is 10.3 Å². The Morgan fingerprint density at radius 3 is 2.37 bits per heavy atom. The van der Waals surface area contributed by atoms with Gasteiger partial charge in [0.1, 0.15) is 0 Å². The molecule has 0 saturated heterocycles. The summed E-state index contributed by atoms with van der Waals surface area (Å²) in [5, 5.41) is 4.10. The van der Waals surface area contributed by atoms with Crippen LogP contribution in [0.15, 0.2) is 34.9 Å². The summed E-state index contributed by atoms with van der Waals surface area (Å²) in [5.74, 6) is 1.45. The molecule has 0 bridgehead atoms. The first kappa shape index (κ1) is 13.7. The fourth-order valence-electron chi connectivity index (χ4n) is 1.89. The predicted molar refractivity (Wildman–Crippen MR) is 74.6 cm³/mol. The molecule has 0 amide bonds. The molecule has 2 N–H and O–H groups in total. The summed E-state index contributed by atoms with van der Waals surface area (Å²) in [5.41, 5.74) is 6.90. The summed E-state index contributed by atoms with van der Waals surface area (Å²) < 4.78 is 5.31. The number of aromatic nitrogens is 2. The molecule has 1 heterocycles. The first-order valence-corrected chi connectivity index (χ1v) is 6.58. The maximum Gasteiger partial charge on any atom is 0.243 e. The molecule has 4 heteroatoms. The molecule has 1 unspecified atom stereocenters. The van der Waals surface area contributed by atoms with Crippen LogP contribution in [0.25, 0.3) is 0 Å². The monoisotopic (exact) mass is 259 g/mol. The van der Waals surface area contributed by atoms with Gasteiger partial charge in [-0.1, -0.05) is 49.3 Å². The summed E-state index contributed by atoms with van der Waals surface area (Å²) in [6.07, 6.45) is 0. The first-order valence-electron chi connectivity index (χ1n) is 6.58. The maximum absolute atomic E-state index is 6.04. The average molecular weight is 259 g/mol. The van der Waals surface area contributed by atoms with Crippen molar-refractivity contribution in [2.45, 2.75) is 39.2 Å². The molecule has 0 aliphatic carbocycles. The van der Waals surface area contributed by atoms with Crippen LogP contribution in [0.4, 0.5) is 0 Å². The van der Waals surface area contributed by atoms with Gasteiger partial charge < -0.3 is 10.3 Å². The summed E-state index contributed by atoms with van der Waals surface area (Å²) >= 11 is 0. The molecule has 19 heavy (non-hydrogen) atoms. The molecule has 0 aliphatic heterocycles. The second kappa shape index (κ2) is 5.13. The summed E-state index contributed by atoms with van der Waals surface area (Å²) in [4.78, 5) is 4.48. The molecule has 0 radical (unpaired) electrons. The molecule has 0 fully saturated rings.